The molecular weight excluding hydrogens is 306 g/mol. The molecule has 1 N–H and O–H groups in total. The van der Waals surface area contributed by atoms with Gasteiger partial charge in [-0.1, -0.05) is 6.92 Å². The van der Waals surface area contributed by atoms with E-state index in [4.69, 9.17) is 0 Å². The van der Waals surface area contributed by atoms with Crippen molar-refractivity contribution < 1.29 is 4.79 Å². The molecule has 1 rings (SSSR count). The molecule has 0 saturated heterocycles. The molecule has 1 amide bonds. The lowest BCUT2D eigenvalue weighted by molar-refractivity contribution is 0.0940. The van der Waals surface area contributed by atoms with Crippen molar-refractivity contribution >= 4 is 44.9 Å². The Balaban J connectivity index is 2.33. The molecule has 1 aromatic rings. The van der Waals surface area contributed by atoms with Gasteiger partial charge in [0.2, 0.25) is 0 Å². The van der Waals surface area contributed by atoms with E-state index >= 15 is 0 Å². The highest BCUT2D eigenvalue weighted by molar-refractivity contribution is 9.11. The summed E-state index contributed by atoms with van der Waals surface area (Å²) < 4.78 is 0.992. The van der Waals surface area contributed by atoms with Gasteiger partial charge in [-0.3, -0.25) is 4.79 Å². The second kappa shape index (κ2) is 7.35. The molecule has 1 atom stereocenters. The summed E-state index contributed by atoms with van der Waals surface area (Å²) in [5.41, 5.74) is 0.742. The first kappa shape index (κ1) is 14.1. The zero-order valence-electron chi connectivity index (χ0n) is 9.46. The van der Waals surface area contributed by atoms with Gasteiger partial charge in [-0.25, -0.2) is 0 Å². The molecule has 0 spiro atoms. The number of hydrogen-bond acceptors (Lipinski definition) is 3. The van der Waals surface area contributed by atoms with Gasteiger partial charge in [-0.2, -0.15) is 11.8 Å². The maximum absolute atomic E-state index is 11.8. The molecule has 0 bridgehead atoms. The summed E-state index contributed by atoms with van der Waals surface area (Å²) in [4.78, 5) is 11.8. The minimum Gasteiger partial charge on any atom is -0.350 e. The van der Waals surface area contributed by atoms with Crippen molar-refractivity contribution in [3.8, 4) is 0 Å². The quantitative estimate of drug-likeness (QED) is 0.808. The lowest BCUT2D eigenvalue weighted by Crippen LogP contribution is -2.32. The van der Waals surface area contributed by atoms with E-state index < -0.39 is 0 Å². The molecule has 16 heavy (non-hydrogen) atoms. The highest BCUT2D eigenvalue weighted by atomic mass is 79.9. The number of carbonyl (C=O) groups excluding carboxylic acids is 1. The molecule has 0 fully saturated rings. The zero-order chi connectivity index (χ0) is 12.0. The van der Waals surface area contributed by atoms with Crippen LogP contribution >= 0.6 is 39.0 Å². The molecule has 0 aliphatic heterocycles. The van der Waals surface area contributed by atoms with Crippen LogP contribution in [-0.2, 0) is 0 Å². The molecule has 1 heterocycles. The average Bonchev–Trinajstić information content (AvgIpc) is 2.65. The topological polar surface area (TPSA) is 29.1 Å². The van der Waals surface area contributed by atoms with Crippen molar-refractivity contribution in [2.24, 2.45) is 0 Å². The van der Waals surface area contributed by atoms with Crippen LogP contribution in [0.2, 0.25) is 0 Å². The molecule has 90 valence electrons. The summed E-state index contributed by atoms with van der Waals surface area (Å²) in [6.45, 7) is 4.20. The Labute approximate surface area is 113 Å². The van der Waals surface area contributed by atoms with Crippen LogP contribution in [0.1, 0.15) is 30.6 Å². The predicted molar refractivity (Wildman–Crippen MR) is 76.6 cm³/mol. The number of carbonyl (C=O) groups is 1. The van der Waals surface area contributed by atoms with Crippen LogP contribution in [0.4, 0.5) is 0 Å². The molecule has 5 heteroatoms. The smallest absolute Gasteiger partial charge is 0.252 e. The Morgan fingerprint density at radius 1 is 1.69 bits per heavy atom. The second-order valence-corrected chi connectivity index (χ2v) is 7.18. The largest absolute Gasteiger partial charge is 0.350 e. The van der Waals surface area contributed by atoms with Gasteiger partial charge in [0.1, 0.15) is 0 Å². The summed E-state index contributed by atoms with van der Waals surface area (Å²) >= 11 is 6.79. The third kappa shape index (κ3) is 4.89. The fourth-order valence-electron chi connectivity index (χ4n) is 1.21. The maximum atomic E-state index is 11.8. The Morgan fingerprint density at radius 2 is 2.44 bits per heavy atom. The molecule has 0 aliphatic rings. The van der Waals surface area contributed by atoms with Crippen molar-refractivity contribution in [3.63, 3.8) is 0 Å². The molecule has 1 unspecified atom stereocenters. The van der Waals surface area contributed by atoms with Crippen molar-refractivity contribution in [3.05, 3.63) is 20.8 Å². The number of thioether (sulfide) groups is 1. The van der Waals surface area contributed by atoms with Crippen LogP contribution in [0.15, 0.2) is 15.2 Å². The fourth-order valence-corrected chi connectivity index (χ4v) is 3.16. The minimum atomic E-state index is 0.0240. The number of hydrogen-bond donors (Lipinski definition) is 1. The first-order chi connectivity index (χ1) is 7.63. The van der Waals surface area contributed by atoms with Crippen molar-refractivity contribution in [1.29, 1.82) is 0 Å². The van der Waals surface area contributed by atoms with Crippen LogP contribution in [-0.4, -0.2) is 23.5 Å². The van der Waals surface area contributed by atoms with E-state index in [-0.39, 0.29) is 11.9 Å². The molecule has 0 saturated carbocycles. The van der Waals surface area contributed by atoms with Gasteiger partial charge in [0.15, 0.2) is 0 Å². The minimum absolute atomic E-state index is 0.0240. The summed E-state index contributed by atoms with van der Waals surface area (Å²) in [5, 5.41) is 4.87. The van der Waals surface area contributed by atoms with Crippen LogP contribution in [0, 0.1) is 0 Å². The Kier molecular flexibility index (Phi) is 6.46. The first-order valence-corrected chi connectivity index (χ1v) is 8.09. The normalized spacial score (nSPS) is 12.4. The predicted octanol–water partition coefficient (Wildman–Crippen LogP) is 3.77. The van der Waals surface area contributed by atoms with Crippen molar-refractivity contribution in [2.45, 2.75) is 26.3 Å². The van der Waals surface area contributed by atoms with E-state index in [0.717, 1.165) is 27.3 Å². The first-order valence-electron chi connectivity index (χ1n) is 5.26. The average molecular weight is 322 g/mol. The van der Waals surface area contributed by atoms with Crippen molar-refractivity contribution in [1.82, 2.24) is 5.32 Å². The fraction of sp³-hybridized carbons (Fsp3) is 0.545. The Bertz CT molecular complexity index is 340. The number of thiophene rings is 1. The van der Waals surface area contributed by atoms with E-state index in [1.165, 1.54) is 11.3 Å². The highest BCUT2D eigenvalue weighted by Crippen LogP contribution is 2.20. The number of amides is 1. The third-order valence-electron chi connectivity index (χ3n) is 2.11. The van der Waals surface area contributed by atoms with Gasteiger partial charge in [0, 0.05) is 11.4 Å². The van der Waals surface area contributed by atoms with Crippen LogP contribution in [0.3, 0.4) is 0 Å². The Hall–Kier alpha value is -0.000000000000000111. The second-order valence-electron chi connectivity index (χ2n) is 3.50. The number of nitrogens with one attached hydrogen (secondary N) is 1. The third-order valence-corrected chi connectivity index (χ3v) is 4.54. The summed E-state index contributed by atoms with van der Waals surface area (Å²) in [6, 6.07) is 2.10. The van der Waals surface area contributed by atoms with E-state index in [2.05, 4.69) is 35.1 Å². The molecule has 0 aromatic carbocycles. The molecule has 1 aromatic heterocycles. The molecule has 0 aliphatic carbocycles. The van der Waals surface area contributed by atoms with Gasteiger partial charge in [-0.15, -0.1) is 11.3 Å². The zero-order valence-corrected chi connectivity index (χ0v) is 12.7. The molecule has 0 radical (unpaired) electrons. The van der Waals surface area contributed by atoms with E-state index in [1.807, 2.05) is 23.2 Å². The summed E-state index contributed by atoms with van der Waals surface area (Å²) in [5.74, 6) is 2.26. The van der Waals surface area contributed by atoms with E-state index in [0.29, 0.717) is 0 Å². The van der Waals surface area contributed by atoms with Gasteiger partial charge in [0.05, 0.1) is 9.35 Å². The van der Waals surface area contributed by atoms with Gasteiger partial charge >= 0.3 is 0 Å². The van der Waals surface area contributed by atoms with Gasteiger partial charge in [0.25, 0.3) is 5.91 Å². The standard InChI is InChI=1S/C11H16BrNOS2/c1-3-15-5-4-8(2)13-11(14)9-6-10(12)16-7-9/h6-8H,3-5H2,1-2H3,(H,13,14). The van der Waals surface area contributed by atoms with Crippen molar-refractivity contribution in [2.75, 3.05) is 11.5 Å². The number of rotatable bonds is 6. The molecular formula is C11H16BrNOS2. The van der Waals surface area contributed by atoms with Crippen LogP contribution in [0.25, 0.3) is 0 Å². The number of halogens is 1. The van der Waals surface area contributed by atoms with E-state index in [9.17, 15) is 4.79 Å². The SMILES string of the molecule is CCSCCC(C)NC(=O)c1csc(Br)c1. The maximum Gasteiger partial charge on any atom is 0.252 e. The monoisotopic (exact) mass is 321 g/mol. The van der Waals surface area contributed by atoms with Crippen LogP contribution in [0.5, 0.6) is 0 Å². The lowest BCUT2D eigenvalue weighted by Gasteiger charge is -2.12. The highest BCUT2D eigenvalue weighted by Gasteiger charge is 2.10. The van der Waals surface area contributed by atoms with E-state index in [1.54, 1.807) is 0 Å². The summed E-state index contributed by atoms with van der Waals surface area (Å²) in [7, 11) is 0. The van der Waals surface area contributed by atoms with Gasteiger partial charge in [-0.05, 0) is 46.8 Å². The Morgan fingerprint density at radius 3 is 3.00 bits per heavy atom. The van der Waals surface area contributed by atoms with Crippen LogP contribution < -0.4 is 5.32 Å². The lowest BCUT2D eigenvalue weighted by atomic mass is 10.2. The summed E-state index contributed by atoms with van der Waals surface area (Å²) in [6.07, 6.45) is 1.02. The van der Waals surface area contributed by atoms with Gasteiger partial charge < -0.3 is 5.32 Å². The molecule has 2 nitrogen and oxygen atoms in total.